The summed E-state index contributed by atoms with van der Waals surface area (Å²) in [5.41, 5.74) is 0.799. The molecule has 3 nitrogen and oxygen atoms in total. The van der Waals surface area contributed by atoms with Crippen LogP contribution in [0.3, 0.4) is 0 Å². The number of hydrogen-bond donors (Lipinski definition) is 2. The van der Waals surface area contributed by atoms with Crippen LogP contribution in [0.2, 0.25) is 0 Å². The Balaban J connectivity index is 1.96. The number of thiophene rings is 1. The number of nitrogens with one attached hydrogen (secondary N) is 1. The molecule has 0 atom stereocenters. The second-order valence-corrected chi connectivity index (χ2v) is 5.88. The van der Waals surface area contributed by atoms with E-state index >= 15 is 0 Å². The van der Waals surface area contributed by atoms with Gasteiger partial charge in [0.25, 0.3) is 0 Å². The lowest BCUT2D eigenvalue weighted by Crippen LogP contribution is -2.48. The highest BCUT2D eigenvalue weighted by Crippen LogP contribution is 2.29. The molecule has 0 aliphatic heterocycles. The van der Waals surface area contributed by atoms with E-state index in [1.54, 1.807) is 17.4 Å². The second-order valence-electron chi connectivity index (χ2n) is 4.94. The van der Waals surface area contributed by atoms with Crippen molar-refractivity contribution in [1.29, 1.82) is 0 Å². The molecular formula is C14H19NO2S. The molecule has 4 heteroatoms. The first kappa shape index (κ1) is 13.3. The van der Waals surface area contributed by atoms with E-state index in [0.717, 1.165) is 30.6 Å². The summed E-state index contributed by atoms with van der Waals surface area (Å²) in [6.07, 6.45) is 7.31. The number of hydrogen-bond acceptors (Lipinski definition) is 3. The lowest BCUT2D eigenvalue weighted by Gasteiger charge is -2.27. The fourth-order valence-corrected chi connectivity index (χ4v) is 3.20. The van der Waals surface area contributed by atoms with Gasteiger partial charge < -0.3 is 10.4 Å². The molecule has 0 unspecified atom stereocenters. The number of aryl methyl sites for hydroxylation is 1. The number of aliphatic hydroxyl groups is 1. The first-order valence-electron chi connectivity index (χ1n) is 6.30. The van der Waals surface area contributed by atoms with Crippen LogP contribution in [-0.4, -0.2) is 23.2 Å². The maximum absolute atomic E-state index is 11.9. The molecule has 98 valence electrons. The van der Waals surface area contributed by atoms with Crippen LogP contribution in [-0.2, 0) is 4.79 Å². The Kier molecular flexibility index (Phi) is 4.19. The van der Waals surface area contributed by atoms with Crippen molar-refractivity contribution in [3.63, 3.8) is 0 Å². The average Bonchev–Trinajstić information content (AvgIpc) is 2.97. The minimum atomic E-state index is -0.383. The SMILES string of the molecule is Cc1ccsc1C=CC(=O)NC1(CO)CCCC1. The second kappa shape index (κ2) is 5.67. The fraction of sp³-hybridized carbons (Fsp3) is 0.500. The van der Waals surface area contributed by atoms with E-state index in [1.165, 1.54) is 5.56 Å². The van der Waals surface area contributed by atoms with Gasteiger partial charge in [-0.1, -0.05) is 12.8 Å². The molecule has 0 bridgehead atoms. The quantitative estimate of drug-likeness (QED) is 0.822. The van der Waals surface area contributed by atoms with Crippen LogP contribution in [0.25, 0.3) is 6.08 Å². The Morgan fingerprint density at radius 1 is 1.56 bits per heavy atom. The maximum atomic E-state index is 11.9. The normalized spacial score (nSPS) is 18.3. The Morgan fingerprint density at radius 2 is 2.28 bits per heavy atom. The Bertz CT molecular complexity index is 444. The lowest BCUT2D eigenvalue weighted by atomic mass is 9.99. The molecule has 1 saturated carbocycles. The highest BCUT2D eigenvalue weighted by Gasteiger charge is 2.33. The van der Waals surface area contributed by atoms with Crippen molar-refractivity contribution >= 4 is 23.3 Å². The Labute approximate surface area is 112 Å². The molecule has 18 heavy (non-hydrogen) atoms. The predicted octanol–water partition coefficient (Wildman–Crippen LogP) is 2.49. The molecule has 1 aliphatic rings. The number of rotatable bonds is 4. The first-order chi connectivity index (χ1) is 8.65. The molecule has 1 aromatic rings. The zero-order valence-corrected chi connectivity index (χ0v) is 11.4. The minimum Gasteiger partial charge on any atom is -0.394 e. The minimum absolute atomic E-state index is 0.0324. The highest BCUT2D eigenvalue weighted by molar-refractivity contribution is 7.11. The topological polar surface area (TPSA) is 49.3 Å². The van der Waals surface area contributed by atoms with Crippen LogP contribution < -0.4 is 5.32 Å². The molecule has 1 fully saturated rings. The van der Waals surface area contributed by atoms with E-state index < -0.39 is 0 Å². The highest BCUT2D eigenvalue weighted by atomic mass is 32.1. The summed E-state index contributed by atoms with van der Waals surface area (Å²) in [5.74, 6) is -0.112. The molecule has 1 aromatic heterocycles. The molecule has 0 saturated heterocycles. The zero-order valence-electron chi connectivity index (χ0n) is 10.6. The number of carbonyl (C=O) groups is 1. The van der Waals surface area contributed by atoms with Gasteiger partial charge in [0.15, 0.2) is 0 Å². The molecule has 1 aliphatic carbocycles. The third-order valence-corrected chi connectivity index (χ3v) is 4.52. The smallest absolute Gasteiger partial charge is 0.244 e. The largest absolute Gasteiger partial charge is 0.394 e. The van der Waals surface area contributed by atoms with Crippen LogP contribution in [0.1, 0.15) is 36.1 Å². The van der Waals surface area contributed by atoms with E-state index in [4.69, 9.17) is 0 Å². The van der Waals surface area contributed by atoms with E-state index in [2.05, 4.69) is 5.32 Å². The van der Waals surface area contributed by atoms with E-state index in [-0.39, 0.29) is 18.1 Å². The number of aliphatic hydroxyl groups excluding tert-OH is 1. The van der Waals surface area contributed by atoms with Gasteiger partial charge in [0, 0.05) is 11.0 Å². The zero-order chi connectivity index (χ0) is 13.0. The van der Waals surface area contributed by atoms with Crippen LogP contribution in [0.4, 0.5) is 0 Å². The Hall–Kier alpha value is -1.13. The molecule has 2 rings (SSSR count). The van der Waals surface area contributed by atoms with Crippen LogP contribution >= 0.6 is 11.3 Å². The van der Waals surface area contributed by atoms with Gasteiger partial charge in [0.1, 0.15) is 0 Å². The summed E-state index contributed by atoms with van der Waals surface area (Å²) in [6, 6.07) is 2.04. The van der Waals surface area contributed by atoms with Crippen molar-refractivity contribution in [3.05, 3.63) is 28.0 Å². The molecule has 1 amide bonds. The third kappa shape index (κ3) is 3.00. The molecule has 0 spiro atoms. The summed E-state index contributed by atoms with van der Waals surface area (Å²) in [7, 11) is 0. The molecule has 2 N–H and O–H groups in total. The fourth-order valence-electron chi connectivity index (χ4n) is 2.38. The van der Waals surface area contributed by atoms with Gasteiger partial charge in [-0.3, -0.25) is 4.79 Å². The van der Waals surface area contributed by atoms with Crippen molar-refractivity contribution in [3.8, 4) is 0 Å². The number of carbonyl (C=O) groups excluding carboxylic acids is 1. The average molecular weight is 265 g/mol. The van der Waals surface area contributed by atoms with Gasteiger partial charge in [-0.15, -0.1) is 11.3 Å². The molecule has 1 heterocycles. The third-order valence-electron chi connectivity index (χ3n) is 3.54. The first-order valence-corrected chi connectivity index (χ1v) is 7.18. The van der Waals surface area contributed by atoms with Gasteiger partial charge in [-0.25, -0.2) is 0 Å². The van der Waals surface area contributed by atoms with Crippen LogP contribution in [0.5, 0.6) is 0 Å². The van der Waals surface area contributed by atoms with E-state index in [9.17, 15) is 9.90 Å². The van der Waals surface area contributed by atoms with Crippen molar-refractivity contribution < 1.29 is 9.90 Å². The van der Waals surface area contributed by atoms with Gasteiger partial charge >= 0.3 is 0 Å². The molecule has 0 radical (unpaired) electrons. The summed E-state index contributed by atoms with van der Waals surface area (Å²) in [6.45, 7) is 2.06. The van der Waals surface area contributed by atoms with Crippen molar-refractivity contribution in [2.75, 3.05) is 6.61 Å². The van der Waals surface area contributed by atoms with Crippen molar-refractivity contribution in [2.45, 2.75) is 38.1 Å². The van der Waals surface area contributed by atoms with Crippen LogP contribution in [0.15, 0.2) is 17.5 Å². The molecule has 0 aromatic carbocycles. The van der Waals surface area contributed by atoms with Crippen molar-refractivity contribution in [1.82, 2.24) is 5.32 Å². The van der Waals surface area contributed by atoms with Crippen LogP contribution in [0, 0.1) is 6.92 Å². The standard InChI is InChI=1S/C14H19NO2S/c1-11-6-9-18-12(11)4-5-13(17)15-14(10-16)7-2-3-8-14/h4-6,9,16H,2-3,7-8,10H2,1H3,(H,15,17). The molecular weight excluding hydrogens is 246 g/mol. The van der Waals surface area contributed by atoms with Gasteiger partial charge in [0.05, 0.1) is 12.1 Å². The summed E-state index contributed by atoms with van der Waals surface area (Å²) < 4.78 is 0. The van der Waals surface area contributed by atoms with E-state index in [0.29, 0.717) is 0 Å². The van der Waals surface area contributed by atoms with Gasteiger partial charge in [-0.2, -0.15) is 0 Å². The Morgan fingerprint density at radius 3 is 2.83 bits per heavy atom. The predicted molar refractivity (Wildman–Crippen MR) is 74.5 cm³/mol. The summed E-state index contributed by atoms with van der Waals surface area (Å²) in [5, 5.41) is 14.4. The summed E-state index contributed by atoms with van der Waals surface area (Å²) >= 11 is 1.62. The van der Waals surface area contributed by atoms with Crippen molar-refractivity contribution in [2.24, 2.45) is 0 Å². The maximum Gasteiger partial charge on any atom is 0.244 e. The van der Waals surface area contributed by atoms with Gasteiger partial charge in [-0.05, 0) is 42.9 Å². The number of amides is 1. The summed E-state index contributed by atoms with van der Waals surface area (Å²) in [4.78, 5) is 13.0. The monoisotopic (exact) mass is 265 g/mol. The van der Waals surface area contributed by atoms with Gasteiger partial charge in [0.2, 0.25) is 5.91 Å². The van der Waals surface area contributed by atoms with E-state index in [1.807, 2.05) is 24.4 Å². The lowest BCUT2D eigenvalue weighted by molar-refractivity contribution is -0.118.